The molecule has 40 heavy (non-hydrogen) atoms. The maximum absolute atomic E-state index is 14.8. The van der Waals surface area contributed by atoms with Crippen LogP contribution in [0.4, 0.5) is 5.69 Å². The third-order valence-electron chi connectivity index (χ3n) is 9.01. The summed E-state index contributed by atoms with van der Waals surface area (Å²) in [5.41, 5.74) is 2.84. The predicted octanol–water partition coefficient (Wildman–Crippen LogP) is 4.36. The lowest BCUT2D eigenvalue weighted by Gasteiger charge is -2.41. The molecule has 0 aliphatic carbocycles. The number of rotatable bonds is 13. The fraction of sp³-hybridized carbons (Fsp3) is 0.594. The molecule has 1 spiro atoms. The van der Waals surface area contributed by atoms with Gasteiger partial charge < -0.3 is 19.8 Å². The summed E-state index contributed by atoms with van der Waals surface area (Å²) < 4.78 is -0.680. The molecule has 0 saturated carbocycles. The monoisotopic (exact) mass is 567 g/mol. The van der Waals surface area contributed by atoms with Crippen LogP contribution in [-0.2, 0) is 14.4 Å². The number of likely N-dealkylation sites (tertiary alicyclic amines) is 1. The Balaban J connectivity index is 1.82. The van der Waals surface area contributed by atoms with Gasteiger partial charge in [0.05, 0.1) is 16.6 Å². The summed E-state index contributed by atoms with van der Waals surface area (Å²) in [6.07, 6.45) is 6.25. The van der Waals surface area contributed by atoms with Gasteiger partial charge in [0.25, 0.3) is 5.91 Å². The van der Waals surface area contributed by atoms with Gasteiger partial charge >= 0.3 is 0 Å². The number of benzene rings is 1. The third-order valence-corrected chi connectivity index (χ3v) is 11.1. The number of hydrogen-bond donors (Lipinski definition) is 1. The van der Waals surface area contributed by atoms with Crippen LogP contribution in [0.2, 0.25) is 0 Å². The number of aryl methyl sites for hydroxylation is 2. The molecule has 3 amide bonds. The van der Waals surface area contributed by atoms with E-state index in [0.717, 1.165) is 29.7 Å². The zero-order valence-corrected chi connectivity index (χ0v) is 25.3. The summed E-state index contributed by atoms with van der Waals surface area (Å²) in [6.45, 7) is 17.8. The normalized spacial score (nSPS) is 28.5. The van der Waals surface area contributed by atoms with Gasteiger partial charge in [-0.1, -0.05) is 44.2 Å². The third kappa shape index (κ3) is 4.91. The van der Waals surface area contributed by atoms with Gasteiger partial charge in [-0.15, -0.1) is 24.9 Å². The lowest BCUT2D eigenvalue weighted by molar-refractivity contribution is -0.144. The molecular weight excluding hydrogens is 522 g/mol. The van der Waals surface area contributed by atoms with Gasteiger partial charge in [-0.2, -0.15) is 0 Å². The molecule has 1 aromatic carbocycles. The van der Waals surface area contributed by atoms with E-state index in [-0.39, 0.29) is 35.5 Å². The average Bonchev–Trinajstić information content (AvgIpc) is 3.51. The Kier molecular flexibility index (Phi) is 9.51. The van der Waals surface area contributed by atoms with Gasteiger partial charge in [-0.3, -0.25) is 14.4 Å². The number of aliphatic hydroxyl groups excluding tert-OH is 1. The van der Waals surface area contributed by atoms with Crippen LogP contribution in [0.5, 0.6) is 0 Å². The molecule has 1 aromatic rings. The summed E-state index contributed by atoms with van der Waals surface area (Å²) in [5, 5.41) is 9.48. The lowest BCUT2D eigenvalue weighted by atomic mass is 9.65. The van der Waals surface area contributed by atoms with Crippen molar-refractivity contribution in [1.82, 2.24) is 9.80 Å². The first-order valence-electron chi connectivity index (χ1n) is 14.7. The van der Waals surface area contributed by atoms with Crippen LogP contribution in [0.25, 0.3) is 0 Å². The van der Waals surface area contributed by atoms with Crippen LogP contribution in [0.1, 0.15) is 50.7 Å². The number of fused-ring (bicyclic) bond motifs is 1. The van der Waals surface area contributed by atoms with Crippen LogP contribution >= 0.6 is 11.8 Å². The second-order valence-corrected chi connectivity index (χ2v) is 13.1. The summed E-state index contributed by atoms with van der Waals surface area (Å²) in [4.78, 5) is 48.7. The van der Waals surface area contributed by atoms with Gasteiger partial charge in [0.1, 0.15) is 6.04 Å². The first-order chi connectivity index (χ1) is 19.2. The highest BCUT2D eigenvalue weighted by atomic mass is 32.2. The lowest BCUT2D eigenvalue weighted by Crippen LogP contribution is -2.58. The average molecular weight is 568 g/mol. The molecule has 1 N–H and O–H groups in total. The van der Waals surface area contributed by atoms with Crippen molar-refractivity contribution in [3.05, 3.63) is 54.6 Å². The number of carbonyl (C=O) groups is 3. The maximum Gasteiger partial charge on any atom is 0.251 e. The highest BCUT2D eigenvalue weighted by Gasteiger charge is 2.76. The summed E-state index contributed by atoms with van der Waals surface area (Å²) in [5.74, 6) is -1.10. The second-order valence-electron chi connectivity index (χ2n) is 11.6. The minimum Gasteiger partial charge on any atom is -0.396 e. The molecule has 4 rings (SSSR count). The van der Waals surface area contributed by atoms with Crippen LogP contribution in [0.15, 0.2) is 43.5 Å². The van der Waals surface area contributed by atoms with Crippen LogP contribution in [0.3, 0.4) is 0 Å². The largest absolute Gasteiger partial charge is 0.396 e. The quantitative estimate of drug-likeness (QED) is 0.283. The van der Waals surface area contributed by atoms with Gasteiger partial charge in [0.2, 0.25) is 11.8 Å². The molecule has 3 heterocycles. The molecule has 8 heteroatoms. The molecular formula is C32H45N3O4S. The Morgan fingerprint density at radius 3 is 2.42 bits per heavy atom. The molecule has 3 saturated heterocycles. The Morgan fingerprint density at radius 2 is 1.82 bits per heavy atom. The number of unbranched alkanes of at least 4 members (excludes halogenated alkanes) is 1. The Hall–Kier alpha value is -2.58. The van der Waals surface area contributed by atoms with E-state index in [1.165, 1.54) is 0 Å². The van der Waals surface area contributed by atoms with Crippen molar-refractivity contribution >= 4 is 35.2 Å². The van der Waals surface area contributed by atoms with E-state index in [9.17, 15) is 19.5 Å². The number of amides is 3. The molecule has 3 fully saturated rings. The van der Waals surface area contributed by atoms with Crippen molar-refractivity contribution in [2.75, 3.05) is 37.7 Å². The summed E-state index contributed by atoms with van der Waals surface area (Å²) >= 11 is 1.71. The number of anilines is 1. The van der Waals surface area contributed by atoms with E-state index in [0.29, 0.717) is 39.0 Å². The fourth-order valence-corrected chi connectivity index (χ4v) is 9.85. The number of carbonyl (C=O) groups excluding carboxylic acids is 3. The number of para-hydroxylation sites is 1. The van der Waals surface area contributed by atoms with Crippen molar-refractivity contribution in [2.24, 2.45) is 17.8 Å². The molecule has 0 radical (unpaired) electrons. The Bertz CT molecular complexity index is 1130. The zero-order valence-electron chi connectivity index (χ0n) is 24.5. The Labute approximate surface area is 243 Å². The number of aliphatic hydroxyl groups is 1. The minimum absolute atomic E-state index is 0.00330. The smallest absolute Gasteiger partial charge is 0.251 e. The Morgan fingerprint density at radius 1 is 1.15 bits per heavy atom. The van der Waals surface area contributed by atoms with Gasteiger partial charge in [-0.05, 0) is 56.6 Å². The molecule has 3 unspecified atom stereocenters. The molecule has 0 aromatic heterocycles. The number of hydrogen-bond acceptors (Lipinski definition) is 5. The van der Waals surface area contributed by atoms with Crippen molar-refractivity contribution in [2.45, 2.75) is 69.4 Å². The van der Waals surface area contributed by atoms with E-state index in [4.69, 9.17) is 0 Å². The molecule has 7 nitrogen and oxygen atoms in total. The van der Waals surface area contributed by atoms with Crippen molar-refractivity contribution in [3.8, 4) is 0 Å². The van der Waals surface area contributed by atoms with E-state index in [2.05, 4.69) is 20.1 Å². The molecule has 3 aliphatic rings. The zero-order chi connectivity index (χ0) is 29.2. The first-order valence-corrected chi connectivity index (χ1v) is 15.5. The molecule has 3 aliphatic heterocycles. The first kappa shape index (κ1) is 30.4. The van der Waals surface area contributed by atoms with Crippen molar-refractivity contribution < 1.29 is 19.5 Å². The van der Waals surface area contributed by atoms with E-state index in [1.807, 2.05) is 43.9 Å². The number of thioether (sulfide) groups is 1. The fourth-order valence-electron chi connectivity index (χ4n) is 7.44. The highest BCUT2D eigenvalue weighted by Crippen LogP contribution is 2.69. The topological polar surface area (TPSA) is 81.2 Å². The van der Waals surface area contributed by atoms with Crippen molar-refractivity contribution in [1.29, 1.82) is 0 Å². The van der Waals surface area contributed by atoms with E-state index in [1.54, 1.807) is 33.7 Å². The van der Waals surface area contributed by atoms with Gasteiger partial charge in [0.15, 0.2) is 0 Å². The van der Waals surface area contributed by atoms with Gasteiger partial charge in [-0.25, -0.2) is 0 Å². The van der Waals surface area contributed by atoms with Crippen LogP contribution < -0.4 is 4.90 Å². The minimum atomic E-state index is -0.690. The standard InChI is InChI=1S/C32H45N3O4S/c1-7-15-33(16-8-2)29(37)25-24-20-23(6)32(40-24)26(25)30(38)35(18-10-11-19-36)28(32)31(39)34(17-9-3)27-21(4)13-12-14-22(27)5/h7,9,12-14,23-26,28,36H,1,3,8,10-11,15-20H2,2,4-6H3/t23?,24-,25+,26-,28?,32?/m0/s1. The van der Waals surface area contributed by atoms with Crippen LogP contribution in [0, 0.1) is 31.6 Å². The molecule has 218 valence electrons. The molecule has 6 atom stereocenters. The predicted molar refractivity (Wildman–Crippen MR) is 162 cm³/mol. The van der Waals surface area contributed by atoms with E-state index >= 15 is 0 Å². The van der Waals surface area contributed by atoms with Gasteiger partial charge in [0, 0.05) is 43.7 Å². The maximum atomic E-state index is 14.8. The highest BCUT2D eigenvalue weighted by molar-refractivity contribution is 8.02. The van der Waals surface area contributed by atoms with E-state index < -0.39 is 22.6 Å². The van der Waals surface area contributed by atoms with Crippen LogP contribution in [-0.4, -0.2) is 81.5 Å². The number of nitrogens with zero attached hydrogens (tertiary/aromatic N) is 3. The van der Waals surface area contributed by atoms with Crippen molar-refractivity contribution in [3.63, 3.8) is 0 Å². The SMILES string of the molecule is C=CCN(CCC)C(=O)[C@@H]1[C@@H]2CC(C)C3(S2)C(C(=O)N(CC=C)c2c(C)cccc2C)N(CCCCO)C(=O)[C@H]13. The molecule has 2 bridgehead atoms. The summed E-state index contributed by atoms with van der Waals surface area (Å²) in [6, 6.07) is 5.30. The summed E-state index contributed by atoms with van der Waals surface area (Å²) in [7, 11) is 0. The second kappa shape index (κ2) is 12.5.